The summed E-state index contributed by atoms with van der Waals surface area (Å²) in [5.74, 6) is 0.0144. The highest BCUT2D eigenvalue weighted by Crippen LogP contribution is 2.28. The van der Waals surface area contributed by atoms with Gasteiger partial charge in [0.1, 0.15) is 0 Å². The van der Waals surface area contributed by atoms with E-state index in [4.69, 9.17) is 0 Å². The molecule has 0 fully saturated rings. The van der Waals surface area contributed by atoms with Crippen LogP contribution >= 0.6 is 15.9 Å². The zero-order chi connectivity index (χ0) is 14.6. The fraction of sp³-hybridized carbons (Fsp3) is 0.438. The van der Waals surface area contributed by atoms with Crippen molar-refractivity contribution >= 4 is 21.7 Å². The van der Waals surface area contributed by atoms with Gasteiger partial charge in [-0.1, -0.05) is 48.8 Å². The first kappa shape index (κ1) is 16.0. The highest BCUT2D eigenvalue weighted by molar-refractivity contribution is 9.10. The van der Waals surface area contributed by atoms with Gasteiger partial charge in [-0.25, -0.2) is 0 Å². The van der Waals surface area contributed by atoms with E-state index in [1.54, 1.807) is 0 Å². The van der Waals surface area contributed by atoms with E-state index < -0.39 is 0 Å². The van der Waals surface area contributed by atoms with Crippen molar-refractivity contribution in [2.24, 2.45) is 0 Å². The molecule has 0 heterocycles. The van der Waals surface area contributed by atoms with Crippen molar-refractivity contribution in [2.75, 3.05) is 0 Å². The molecule has 1 N–H and O–H groups in total. The Labute approximate surface area is 123 Å². The zero-order valence-corrected chi connectivity index (χ0v) is 13.5. The molecule has 0 spiro atoms. The molecular formula is C16H21BrO2. The summed E-state index contributed by atoms with van der Waals surface area (Å²) in [6.45, 7) is 7.96. The number of carbonyl (C=O) groups excluding carboxylic acids is 1. The van der Waals surface area contributed by atoms with E-state index in [1.807, 2.05) is 6.07 Å². The molecule has 0 amide bonds. The van der Waals surface area contributed by atoms with Gasteiger partial charge in [0, 0.05) is 17.0 Å². The summed E-state index contributed by atoms with van der Waals surface area (Å²) in [5.41, 5.74) is 2.52. The molecule has 0 aromatic heterocycles. The number of aryl methyl sites for hydroxylation is 1. The minimum absolute atomic E-state index is 0.104. The average molecular weight is 325 g/mol. The van der Waals surface area contributed by atoms with E-state index in [0.29, 0.717) is 12.8 Å². The standard InChI is InChI=1S/C16H21BrO2/c1-11(18)9-14(19)7-5-12-10-13(16(2,3)4)6-8-15(12)17/h6,8-10,19H,5,7H2,1-4H3. The topological polar surface area (TPSA) is 37.3 Å². The summed E-state index contributed by atoms with van der Waals surface area (Å²) >= 11 is 3.53. The average Bonchev–Trinajstić information content (AvgIpc) is 2.25. The molecule has 1 aromatic carbocycles. The van der Waals surface area contributed by atoms with E-state index in [2.05, 4.69) is 48.8 Å². The molecule has 0 aliphatic carbocycles. The quantitative estimate of drug-likeness (QED) is 0.643. The summed E-state index contributed by atoms with van der Waals surface area (Å²) in [7, 11) is 0. The molecule has 0 bridgehead atoms. The van der Waals surface area contributed by atoms with Crippen LogP contribution in [0.3, 0.4) is 0 Å². The number of hydrogen-bond donors (Lipinski definition) is 1. The van der Waals surface area contributed by atoms with Crippen LogP contribution in [0.5, 0.6) is 0 Å². The number of allylic oxidation sites excluding steroid dienone is 2. The second kappa shape index (κ2) is 6.38. The molecule has 0 saturated heterocycles. The van der Waals surface area contributed by atoms with Crippen LogP contribution in [0.2, 0.25) is 0 Å². The Bertz CT molecular complexity index is 496. The van der Waals surface area contributed by atoms with Gasteiger partial charge in [-0.3, -0.25) is 4.79 Å². The fourth-order valence-corrected chi connectivity index (χ4v) is 2.25. The van der Waals surface area contributed by atoms with E-state index in [9.17, 15) is 9.90 Å². The Hall–Kier alpha value is -1.09. The van der Waals surface area contributed by atoms with Crippen molar-refractivity contribution in [3.8, 4) is 0 Å². The first-order valence-corrected chi connectivity index (χ1v) is 7.18. The Morgan fingerprint density at radius 3 is 2.53 bits per heavy atom. The third-order valence-corrected chi connectivity index (χ3v) is 3.71. The van der Waals surface area contributed by atoms with Gasteiger partial charge in [0.2, 0.25) is 0 Å². The molecule has 0 atom stereocenters. The molecule has 0 unspecified atom stereocenters. The molecule has 1 aromatic rings. The van der Waals surface area contributed by atoms with Gasteiger partial charge in [0.15, 0.2) is 5.78 Å². The van der Waals surface area contributed by atoms with Crippen molar-refractivity contribution < 1.29 is 9.90 Å². The monoisotopic (exact) mass is 324 g/mol. The minimum atomic E-state index is -0.125. The third kappa shape index (κ3) is 5.19. The Morgan fingerprint density at radius 1 is 1.37 bits per heavy atom. The van der Waals surface area contributed by atoms with Crippen LogP contribution < -0.4 is 0 Å². The number of carbonyl (C=O) groups is 1. The molecule has 1 rings (SSSR count). The van der Waals surface area contributed by atoms with Crippen molar-refractivity contribution in [1.29, 1.82) is 0 Å². The van der Waals surface area contributed by atoms with Gasteiger partial charge >= 0.3 is 0 Å². The van der Waals surface area contributed by atoms with Crippen LogP contribution in [-0.4, -0.2) is 10.9 Å². The largest absolute Gasteiger partial charge is 0.512 e. The highest BCUT2D eigenvalue weighted by atomic mass is 79.9. The normalized spacial score (nSPS) is 12.6. The van der Waals surface area contributed by atoms with Gasteiger partial charge in [0.25, 0.3) is 0 Å². The lowest BCUT2D eigenvalue weighted by molar-refractivity contribution is -0.112. The fourth-order valence-electron chi connectivity index (χ4n) is 1.80. The van der Waals surface area contributed by atoms with Gasteiger partial charge in [-0.2, -0.15) is 0 Å². The predicted octanol–water partition coefficient (Wildman–Crippen LogP) is 4.71. The number of benzene rings is 1. The zero-order valence-electron chi connectivity index (χ0n) is 12.0. The van der Waals surface area contributed by atoms with E-state index >= 15 is 0 Å². The first-order valence-electron chi connectivity index (χ1n) is 6.39. The number of rotatable bonds is 4. The van der Waals surface area contributed by atoms with Gasteiger partial charge in [0.05, 0.1) is 5.76 Å². The van der Waals surface area contributed by atoms with Crippen LogP contribution in [0.25, 0.3) is 0 Å². The number of aliphatic hydroxyl groups is 1. The van der Waals surface area contributed by atoms with E-state index in [-0.39, 0.29) is 17.0 Å². The second-order valence-corrected chi connectivity index (χ2v) is 6.66. The van der Waals surface area contributed by atoms with Crippen LogP contribution in [0.15, 0.2) is 34.5 Å². The molecule has 0 saturated carbocycles. The minimum Gasteiger partial charge on any atom is -0.512 e. The van der Waals surface area contributed by atoms with Crippen LogP contribution in [0.4, 0.5) is 0 Å². The van der Waals surface area contributed by atoms with Gasteiger partial charge < -0.3 is 5.11 Å². The lowest BCUT2D eigenvalue weighted by atomic mass is 9.86. The number of hydrogen-bond acceptors (Lipinski definition) is 2. The van der Waals surface area contributed by atoms with Crippen LogP contribution in [-0.2, 0) is 16.6 Å². The molecule has 0 aliphatic rings. The molecule has 3 heteroatoms. The molecular weight excluding hydrogens is 304 g/mol. The molecule has 0 aliphatic heterocycles. The smallest absolute Gasteiger partial charge is 0.155 e. The van der Waals surface area contributed by atoms with Crippen molar-refractivity contribution in [3.05, 3.63) is 45.6 Å². The summed E-state index contributed by atoms with van der Waals surface area (Å²) in [6.07, 6.45) is 2.47. The van der Waals surface area contributed by atoms with Gasteiger partial charge in [-0.15, -0.1) is 0 Å². The summed E-state index contributed by atoms with van der Waals surface area (Å²) in [4.78, 5) is 10.9. The first-order chi connectivity index (χ1) is 8.70. The van der Waals surface area contributed by atoms with Crippen molar-refractivity contribution in [1.82, 2.24) is 0 Å². The molecule has 104 valence electrons. The summed E-state index contributed by atoms with van der Waals surface area (Å²) in [5, 5.41) is 9.63. The van der Waals surface area contributed by atoms with Crippen molar-refractivity contribution in [2.45, 2.75) is 46.0 Å². The number of halogens is 1. The molecule has 19 heavy (non-hydrogen) atoms. The van der Waals surface area contributed by atoms with E-state index in [1.165, 1.54) is 18.6 Å². The lowest BCUT2D eigenvalue weighted by Gasteiger charge is -2.20. The van der Waals surface area contributed by atoms with Crippen molar-refractivity contribution in [3.63, 3.8) is 0 Å². The van der Waals surface area contributed by atoms with Crippen LogP contribution in [0, 0.1) is 0 Å². The highest BCUT2D eigenvalue weighted by Gasteiger charge is 2.15. The van der Waals surface area contributed by atoms with Gasteiger partial charge in [-0.05, 0) is 36.0 Å². The Balaban J connectivity index is 2.87. The number of aliphatic hydroxyl groups excluding tert-OH is 1. The summed E-state index contributed by atoms with van der Waals surface area (Å²) in [6, 6.07) is 6.31. The second-order valence-electron chi connectivity index (χ2n) is 5.80. The Morgan fingerprint density at radius 2 is 2.00 bits per heavy atom. The number of ketones is 1. The van der Waals surface area contributed by atoms with Crippen LogP contribution in [0.1, 0.15) is 45.2 Å². The predicted molar refractivity (Wildman–Crippen MR) is 82.6 cm³/mol. The maximum atomic E-state index is 10.9. The van der Waals surface area contributed by atoms with E-state index in [0.717, 1.165) is 10.0 Å². The SMILES string of the molecule is CC(=O)C=C(O)CCc1cc(C(C)(C)C)ccc1Br. The third-order valence-electron chi connectivity index (χ3n) is 2.93. The molecule has 2 nitrogen and oxygen atoms in total. The molecule has 0 radical (unpaired) electrons. The Kier molecular flexibility index (Phi) is 5.36. The maximum absolute atomic E-state index is 10.9. The lowest BCUT2D eigenvalue weighted by Crippen LogP contribution is -2.11. The summed E-state index contributed by atoms with van der Waals surface area (Å²) < 4.78 is 1.04. The maximum Gasteiger partial charge on any atom is 0.155 e.